The molecule has 2 rings (SSSR count). The minimum atomic E-state index is -3.56. The number of hydrogen-bond donors (Lipinski definition) is 0. The van der Waals surface area contributed by atoms with Gasteiger partial charge in [-0.25, -0.2) is 12.8 Å². The van der Waals surface area contributed by atoms with E-state index >= 15 is 0 Å². The number of anilines is 1. The Morgan fingerprint density at radius 3 is 2.68 bits per heavy atom. The van der Waals surface area contributed by atoms with Crippen molar-refractivity contribution in [2.75, 3.05) is 23.0 Å². The summed E-state index contributed by atoms with van der Waals surface area (Å²) >= 11 is 1.55. The molecule has 0 N–H and O–H groups in total. The zero-order chi connectivity index (χ0) is 16.5. The summed E-state index contributed by atoms with van der Waals surface area (Å²) in [6, 6.07) is 4.29. The second-order valence-electron chi connectivity index (χ2n) is 6.23. The Morgan fingerprint density at radius 1 is 1.36 bits per heavy atom. The van der Waals surface area contributed by atoms with E-state index in [9.17, 15) is 17.6 Å². The first-order chi connectivity index (χ1) is 10.1. The minimum Gasteiger partial charge on any atom is -0.310 e. The van der Waals surface area contributed by atoms with Crippen molar-refractivity contribution in [1.29, 1.82) is 0 Å². The summed E-state index contributed by atoms with van der Waals surface area (Å²) in [5.41, 5.74) is 0.469. The van der Waals surface area contributed by atoms with Gasteiger partial charge in [0, 0.05) is 11.4 Å². The fourth-order valence-electron chi connectivity index (χ4n) is 2.06. The van der Waals surface area contributed by atoms with E-state index in [0.29, 0.717) is 12.2 Å². The lowest BCUT2D eigenvalue weighted by atomic mass is 10.2. The molecule has 0 atom stereocenters. The Balaban J connectivity index is 2.33. The molecule has 122 valence electrons. The van der Waals surface area contributed by atoms with Crippen molar-refractivity contribution in [2.24, 2.45) is 0 Å². The minimum absolute atomic E-state index is 0.405. The number of thioether (sulfide) groups is 1. The first-order valence-corrected chi connectivity index (χ1v) is 9.70. The van der Waals surface area contributed by atoms with Crippen molar-refractivity contribution in [2.45, 2.75) is 36.8 Å². The molecule has 0 aliphatic carbocycles. The number of nitrogens with zero attached hydrogens (tertiary/aromatic N) is 1. The quantitative estimate of drug-likeness (QED) is 0.827. The number of carbonyl (C=O) groups excluding carboxylic acids is 1. The summed E-state index contributed by atoms with van der Waals surface area (Å²) in [7, 11) is -3.56. The fourth-order valence-corrected chi connectivity index (χ4v) is 3.95. The number of fused-ring (bicyclic) bond motifs is 1. The number of halogens is 1. The molecule has 0 spiro atoms. The van der Waals surface area contributed by atoms with Crippen LogP contribution in [0, 0.1) is 5.82 Å². The molecule has 0 bridgehead atoms. The molecule has 0 fully saturated rings. The molecule has 1 aliphatic heterocycles. The van der Waals surface area contributed by atoms with E-state index in [0.717, 1.165) is 17.1 Å². The van der Waals surface area contributed by atoms with Gasteiger partial charge >= 0.3 is 0 Å². The highest BCUT2D eigenvalue weighted by Crippen LogP contribution is 2.34. The summed E-state index contributed by atoms with van der Waals surface area (Å²) in [6.07, 6.45) is 0.738. The Labute approximate surface area is 135 Å². The molecule has 1 heterocycles. The van der Waals surface area contributed by atoms with Crippen molar-refractivity contribution in [1.82, 2.24) is 0 Å². The molecule has 7 heteroatoms. The van der Waals surface area contributed by atoms with Gasteiger partial charge in [-0.1, -0.05) is 0 Å². The lowest BCUT2D eigenvalue weighted by Gasteiger charge is -2.25. The zero-order valence-corrected chi connectivity index (χ0v) is 14.6. The van der Waals surface area contributed by atoms with Gasteiger partial charge in [0.15, 0.2) is 9.84 Å². The lowest BCUT2D eigenvalue weighted by Crippen LogP contribution is -2.41. The van der Waals surface area contributed by atoms with Crippen LogP contribution in [0.4, 0.5) is 10.1 Å². The molecule has 22 heavy (non-hydrogen) atoms. The Bertz CT molecular complexity index is 681. The highest BCUT2D eigenvalue weighted by molar-refractivity contribution is 7.99. The molecule has 0 unspecified atom stereocenters. The molecule has 0 radical (unpaired) electrons. The predicted octanol–water partition coefficient (Wildman–Crippen LogP) is 2.87. The molecular formula is C15H20FNO3S2. The van der Waals surface area contributed by atoms with Crippen molar-refractivity contribution >= 4 is 33.2 Å². The van der Waals surface area contributed by atoms with Gasteiger partial charge in [-0.05, 0) is 51.1 Å². The molecule has 0 saturated carbocycles. The maximum absolute atomic E-state index is 13.5. The van der Waals surface area contributed by atoms with Gasteiger partial charge in [-0.3, -0.25) is 4.79 Å². The van der Waals surface area contributed by atoms with Crippen LogP contribution in [0.1, 0.15) is 27.2 Å². The van der Waals surface area contributed by atoms with Crippen LogP contribution >= 0.6 is 11.8 Å². The third-order valence-electron chi connectivity index (χ3n) is 3.54. The van der Waals surface area contributed by atoms with Crippen molar-refractivity contribution in [3.63, 3.8) is 0 Å². The van der Waals surface area contributed by atoms with Gasteiger partial charge in [0.05, 0.1) is 10.4 Å². The number of carbonyl (C=O) groups is 1. The third-order valence-corrected chi connectivity index (χ3v) is 7.19. The highest BCUT2D eigenvalue weighted by Gasteiger charge is 2.34. The first-order valence-electron chi connectivity index (χ1n) is 7.07. The van der Waals surface area contributed by atoms with E-state index in [4.69, 9.17) is 0 Å². The average Bonchev–Trinajstić information content (AvgIpc) is 2.58. The van der Waals surface area contributed by atoms with E-state index < -0.39 is 32.1 Å². The highest BCUT2D eigenvalue weighted by atomic mass is 32.2. The number of amides is 1. The van der Waals surface area contributed by atoms with E-state index in [1.54, 1.807) is 38.6 Å². The first kappa shape index (κ1) is 17.3. The number of hydrogen-bond acceptors (Lipinski definition) is 4. The molecule has 0 saturated heterocycles. The van der Waals surface area contributed by atoms with Crippen LogP contribution in [-0.2, 0) is 14.6 Å². The van der Waals surface area contributed by atoms with Crippen LogP contribution < -0.4 is 4.90 Å². The van der Waals surface area contributed by atoms with Crippen LogP contribution in [0.2, 0.25) is 0 Å². The maximum Gasteiger partial charge on any atom is 0.242 e. The molecule has 1 aromatic carbocycles. The van der Waals surface area contributed by atoms with Crippen LogP contribution in [0.3, 0.4) is 0 Å². The number of rotatable bonds is 2. The van der Waals surface area contributed by atoms with Gasteiger partial charge in [-0.2, -0.15) is 0 Å². The summed E-state index contributed by atoms with van der Waals surface area (Å²) < 4.78 is 37.0. The van der Waals surface area contributed by atoms with Crippen LogP contribution in [0.15, 0.2) is 23.1 Å². The van der Waals surface area contributed by atoms with E-state index in [1.165, 1.54) is 17.0 Å². The molecule has 0 aromatic heterocycles. The van der Waals surface area contributed by atoms with Crippen LogP contribution in [0.5, 0.6) is 0 Å². The summed E-state index contributed by atoms with van der Waals surface area (Å²) in [5, 5.41) is 0. The summed E-state index contributed by atoms with van der Waals surface area (Å²) in [5.74, 6) is -0.673. The smallest absolute Gasteiger partial charge is 0.242 e. The van der Waals surface area contributed by atoms with E-state index in [2.05, 4.69) is 0 Å². The van der Waals surface area contributed by atoms with Gasteiger partial charge in [0.1, 0.15) is 11.6 Å². The second-order valence-corrected chi connectivity index (χ2v) is 10.1. The average molecular weight is 345 g/mol. The Kier molecular flexibility index (Phi) is 4.87. The Hall–Kier alpha value is -1.08. The fraction of sp³-hybridized carbons (Fsp3) is 0.533. The predicted molar refractivity (Wildman–Crippen MR) is 87.6 cm³/mol. The van der Waals surface area contributed by atoms with Gasteiger partial charge < -0.3 is 4.90 Å². The summed E-state index contributed by atoms with van der Waals surface area (Å²) in [6.45, 7) is 5.12. The topological polar surface area (TPSA) is 54.5 Å². The molecule has 1 aromatic rings. The normalized spacial score (nSPS) is 16.1. The van der Waals surface area contributed by atoms with Crippen LogP contribution in [-0.4, -0.2) is 37.1 Å². The monoisotopic (exact) mass is 345 g/mol. The molecular weight excluding hydrogens is 325 g/mol. The van der Waals surface area contributed by atoms with Gasteiger partial charge in [0.25, 0.3) is 0 Å². The SMILES string of the molecule is CC(C)(C)S(=O)(=O)CC(=O)N1CCCSc2ccc(F)cc21. The van der Waals surface area contributed by atoms with Crippen molar-refractivity contribution < 1.29 is 17.6 Å². The van der Waals surface area contributed by atoms with Crippen LogP contribution in [0.25, 0.3) is 0 Å². The van der Waals surface area contributed by atoms with E-state index in [1.807, 2.05) is 0 Å². The second kappa shape index (κ2) is 6.20. The van der Waals surface area contributed by atoms with Crippen molar-refractivity contribution in [3.05, 3.63) is 24.0 Å². The molecule has 4 nitrogen and oxygen atoms in total. The largest absolute Gasteiger partial charge is 0.310 e. The van der Waals surface area contributed by atoms with E-state index in [-0.39, 0.29) is 0 Å². The standard InChI is InChI=1S/C15H20FNO3S2/c1-15(2,3)22(19,20)10-14(18)17-7-4-8-21-13-6-5-11(16)9-12(13)17/h5-6,9H,4,7-8,10H2,1-3H3. The summed E-state index contributed by atoms with van der Waals surface area (Å²) in [4.78, 5) is 14.7. The lowest BCUT2D eigenvalue weighted by molar-refractivity contribution is -0.116. The number of benzene rings is 1. The van der Waals surface area contributed by atoms with Gasteiger partial charge in [0.2, 0.25) is 5.91 Å². The zero-order valence-electron chi connectivity index (χ0n) is 12.9. The molecule has 1 aliphatic rings. The number of sulfone groups is 1. The Morgan fingerprint density at radius 2 is 2.05 bits per heavy atom. The van der Waals surface area contributed by atoms with Crippen molar-refractivity contribution in [3.8, 4) is 0 Å². The maximum atomic E-state index is 13.5. The molecule has 1 amide bonds. The third kappa shape index (κ3) is 3.63. The van der Waals surface area contributed by atoms with Gasteiger partial charge in [-0.15, -0.1) is 11.8 Å².